The van der Waals surface area contributed by atoms with Gasteiger partial charge in [-0.25, -0.2) is 0 Å². The number of nitrogens with zero attached hydrogens (tertiary/aromatic N) is 5. The van der Waals surface area contributed by atoms with Crippen molar-refractivity contribution in [2.45, 2.75) is 16.7 Å². The maximum atomic E-state index is 15.0. The van der Waals surface area contributed by atoms with E-state index in [1.807, 2.05) is 42.2 Å². The minimum Gasteiger partial charge on any atom is -0.493 e. The smallest absolute Gasteiger partial charge is 0.280 e. The van der Waals surface area contributed by atoms with Gasteiger partial charge in [0.15, 0.2) is 5.54 Å². The molecule has 0 bridgehead atoms. The molecule has 9 nitrogen and oxygen atoms in total. The third kappa shape index (κ3) is 4.26. The van der Waals surface area contributed by atoms with Gasteiger partial charge in [-0.05, 0) is 54.8 Å². The number of amides is 1. The van der Waals surface area contributed by atoms with Crippen LogP contribution < -0.4 is 13.9 Å². The van der Waals surface area contributed by atoms with Crippen molar-refractivity contribution in [2.75, 3.05) is 42.0 Å². The predicted molar refractivity (Wildman–Crippen MR) is 157 cm³/mol. The molecule has 2 aliphatic rings. The molecule has 0 spiro atoms. The average Bonchev–Trinajstić information content (AvgIpc) is 3.64. The van der Waals surface area contributed by atoms with E-state index in [9.17, 15) is 18.5 Å². The summed E-state index contributed by atoms with van der Waals surface area (Å²) in [6, 6.07) is 21.2. The van der Waals surface area contributed by atoms with Crippen LogP contribution >= 0.6 is 11.3 Å². The zero-order valence-electron chi connectivity index (χ0n) is 22.3. The zero-order chi connectivity index (χ0) is 28.6. The normalized spacial score (nSPS) is 19.2. The van der Waals surface area contributed by atoms with E-state index in [2.05, 4.69) is 16.0 Å². The third-order valence-corrected chi connectivity index (χ3v) is 10.6. The summed E-state index contributed by atoms with van der Waals surface area (Å²) in [6.07, 6.45) is 3.49. The van der Waals surface area contributed by atoms with E-state index >= 15 is 0 Å². The van der Waals surface area contributed by atoms with Crippen LogP contribution in [0.15, 0.2) is 88.7 Å². The Kier molecular flexibility index (Phi) is 6.99. The van der Waals surface area contributed by atoms with Gasteiger partial charge >= 0.3 is 0 Å². The molecule has 1 fully saturated rings. The highest BCUT2D eigenvalue weighted by molar-refractivity contribution is 7.95. The second-order valence-corrected chi connectivity index (χ2v) is 12.6. The number of pyridine rings is 1. The number of nitriles is 1. The summed E-state index contributed by atoms with van der Waals surface area (Å²) < 4.78 is 35.2. The molecule has 0 saturated carbocycles. The molecule has 6 rings (SSSR count). The quantitative estimate of drug-likeness (QED) is 0.318. The van der Waals surface area contributed by atoms with Gasteiger partial charge in [0.05, 0.1) is 23.9 Å². The van der Waals surface area contributed by atoms with Crippen molar-refractivity contribution < 1.29 is 17.9 Å². The maximum absolute atomic E-state index is 15.0. The lowest BCUT2D eigenvalue weighted by Gasteiger charge is -2.46. The van der Waals surface area contributed by atoms with E-state index in [4.69, 9.17) is 4.74 Å². The van der Waals surface area contributed by atoms with E-state index in [0.717, 1.165) is 21.3 Å². The van der Waals surface area contributed by atoms with Crippen molar-refractivity contribution in [3.8, 4) is 11.8 Å². The summed E-state index contributed by atoms with van der Waals surface area (Å²) in [5.41, 5.74) is 1.06. The van der Waals surface area contributed by atoms with Crippen LogP contribution in [0.3, 0.4) is 0 Å². The number of hydrogen-bond acceptors (Lipinski definition) is 9. The Hall–Kier alpha value is -4.24. The molecule has 1 unspecified atom stereocenters. The first kappa shape index (κ1) is 27.0. The van der Waals surface area contributed by atoms with Gasteiger partial charge in [-0.15, -0.1) is 11.3 Å². The lowest BCUT2D eigenvalue weighted by Crippen LogP contribution is -2.60. The van der Waals surface area contributed by atoms with Gasteiger partial charge in [-0.1, -0.05) is 24.3 Å². The highest BCUT2D eigenvalue weighted by Crippen LogP contribution is 2.53. The summed E-state index contributed by atoms with van der Waals surface area (Å²) in [5, 5.41) is 11.5. The number of para-hydroxylation sites is 1. The Morgan fingerprint density at radius 3 is 2.44 bits per heavy atom. The molecule has 0 N–H and O–H groups in total. The number of anilines is 2. The number of rotatable bonds is 7. The first-order valence-corrected chi connectivity index (χ1v) is 15.5. The SMILES string of the molecule is CCOc1ccccc1C1(N2CCN(c3ccncc3)CC2)C(=O)N(S(=O)(=O)c2cccs2)c2ccc(C#N)cc21. The Balaban J connectivity index is 1.57. The first-order chi connectivity index (χ1) is 19.9. The van der Waals surface area contributed by atoms with E-state index < -0.39 is 21.5 Å². The molecule has 11 heteroatoms. The van der Waals surface area contributed by atoms with Crippen LogP contribution in [0.4, 0.5) is 11.4 Å². The number of piperazine rings is 1. The molecular formula is C30H27N5O4S2. The summed E-state index contributed by atoms with van der Waals surface area (Å²) >= 11 is 1.06. The molecular weight excluding hydrogens is 558 g/mol. The van der Waals surface area contributed by atoms with Crippen LogP contribution in [0.5, 0.6) is 5.75 Å². The Morgan fingerprint density at radius 2 is 1.76 bits per heavy atom. The van der Waals surface area contributed by atoms with Crippen molar-refractivity contribution in [1.82, 2.24) is 9.88 Å². The molecule has 1 saturated heterocycles. The van der Waals surface area contributed by atoms with Crippen LogP contribution in [0, 0.1) is 11.3 Å². The average molecular weight is 586 g/mol. The fourth-order valence-electron chi connectivity index (χ4n) is 5.82. The number of thiophene rings is 1. The van der Waals surface area contributed by atoms with Crippen LogP contribution in [0.2, 0.25) is 0 Å². The third-order valence-electron chi connectivity index (χ3n) is 7.58. The van der Waals surface area contributed by atoms with Gasteiger partial charge < -0.3 is 9.64 Å². The van der Waals surface area contributed by atoms with Crippen LogP contribution in [0.1, 0.15) is 23.6 Å². The number of sulfonamides is 1. The van der Waals surface area contributed by atoms with E-state index in [1.54, 1.807) is 48.1 Å². The first-order valence-electron chi connectivity index (χ1n) is 13.2. The summed E-state index contributed by atoms with van der Waals surface area (Å²) in [5.74, 6) is -0.121. The largest absolute Gasteiger partial charge is 0.493 e. The van der Waals surface area contributed by atoms with E-state index in [1.165, 1.54) is 6.07 Å². The van der Waals surface area contributed by atoms with Crippen molar-refractivity contribution >= 4 is 38.6 Å². The second kappa shape index (κ2) is 10.6. The highest BCUT2D eigenvalue weighted by atomic mass is 32.2. The standard InChI is InChI=1S/C30H27N5O4S2/c1-2-39-27-7-4-3-6-24(27)30(34-17-15-33(16-18-34)23-11-13-32-14-12-23)25-20-22(21-31)9-10-26(25)35(29(30)36)41(37,38)28-8-5-19-40-28/h3-14,19-20H,2,15-18H2,1H3. The van der Waals surface area contributed by atoms with Gasteiger partial charge in [-0.2, -0.15) is 18.0 Å². The fourth-order valence-corrected chi connectivity index (χ4v) is 8.35. The molecule has 1 amide bonds. The van der Waals surface area contributed by atoms with E-state index in [-0.39, 0.29) is 9.90 Å². The highest BCUT2D eigenvalue weighted by Gasteiger charge is 2.60. The van der Waals surface area contributed by atoms with Crippen molar-refractivity contribution in [3.05, 3.63) is 101 Å². The molecule has 1 atom stereocenters. The molecule has 4 heterocycles. The number of benzene rings is 2. The number of carbonyl (C=O) groups excluding carboxylic acids is 1. The molecule has 4 aromatic rings. The Bertz CT molecular complexity index is 1730. The van der Waals surface area contributed by atoms with Crippen LogP contribution in [-0.4, -0.2) is 57.0 Å². The Morgan fingerprint density at radius 1 is 1.00 bits per heavy atom. The fraction of sp³-hybridized carbons (Fsp3) is 0.233. The zero-order valence-corrected chi connectivity index (χ0v) is 23.9. The van der Waals surface area contributed by atoms with Crippen molar-refractivity contribution in [1.29, 1.82) is 5.26 Å². The monoisotopic (exact) mass is 585 g/mol. The minimum absolute atomic E-state index is 0.0672. The van der Waals surface area contributed by atoms with Crippen LogP contribution in [0.25, 0.3) is 0 Å². The van der Waals surface area contributed by atoms with Crippen molar-refractivity contribution in [3.63, 3.8) is 0 Å². The van der Waals surface area contributed by atoms with Gasteiger partial charge in [-0.3, -0.25) is 14.7 Å². The summed E-state index contributed by atoms with van der Waals surface area (Å²) in [7, 11) is -4.24. The minimum atomic E-state index is -4.24. The Labute approximate surface area is 242 Å². The molecule has 2 aliphatic heterocycles. The van der Waals surface area contributed by atoms with Gasteiger partial charge in [0.25, 0.3) is 15.9 Å². The van der Waals surface area contributed by atoms with E-state index in [0.29, 0.717) is 55.2 Å². The number of hydrogen-bond donors (Lipinski definition) is 0. The van der Waals surface area contributed by atoms with Crippen LogP contribution in [-0.2, 0) is 20.4 Å². The topological polar surface area (TPSA) is 107 Å². The summed E-state index contributed by atoms with van der Waals surface area (Å²) in [6.45, 7) is 4.33. The molecule has 41 heavy (non-hydrogen) atoms. The van der Waals surface area contributed by atoms with Gasteiger partial charge in [0, 0.05) is 55.4 Å². The second-order valence-electron chi connectivity index (χ2n) is 9.67. The lowest BCUT2D eigenvalue weighted by atomic mass is 9.80. The number of fused-ring (bicyclic) bond motifs is 1. The summed E-state index contributed by atoms with van der Waals surface area (Å²) in [4.78, 5) is 23.4. The number of ether oxygens (including phenoxy) is 1. The number of aromatic nitrogens is 1. The lowest BCUT2D eigenvalue weighted by molar-refractivity contribution is -0.127. The van der Waals surface area contributed by atoms with Crippen molar-refractivity contribution in [2.24, 2.45) is 0 Å². The number of carbonyl (C=O) groups is 1. The molecule has 2 aromatic heterocycles. The predicted octanol–water partition coefficient (Wildman–Crippen LogP) is 4.21. The molecule has 0 aliphatic carbocycles. The van der Waals surface area contributed by atoms with Gasteiger partial charge in [0.1, 0.15) is 9.96 Å². The van der Waals surface area contributed by atoms with Gasteiger partial charge in [0.2, 0.25) is 0 Å². The molecule has 0 radical (unpaired) electrons. The maximum Gasteiger partial charge on any atom is 0.280 e. The molecule has 208 valence electrons. The molecule has 2 aromatic carbocycles.